The Morgan fingerprint density at radius 2 is 1.00 bits per heavy atom. The molecule has 0 saturated heterocycles. The summed E-state index contributed by atoms with van der Waals surface area (Å²) in [5.74, 6) is -1.58. The van der Waals surface area contributed by atoms with E-state index in [0.717, 1.165) is 148 Å². The van der Waals surface area contributed by atoms with Crippen LogP contribution in [-0.2, 0) is 33.4 Å². The number of unbranched alkanes of at least 4 members (excludes halogenated alkanes) is 21. The second-order valence-corrected chi connectivity index (χ2v) is 14.5. The van der Waals surface area contributed by atoms with Gasteiger partial charge in [-0.1, -0.05) is 128 Å². The first-order chi connectivity index (χ1) is 25.3. The normalized spacial score (nSPS) is 12.5. The lowest BCUT2D eigenvalue weighted by Crippen LogP contribution is -2.31. The lowest BCUT2D eigenvalue weighted by molar-refractivity contribution is -0.152. The number of rotatable bonds is 39. The highest BCUT2D eigenvalue weighted by molar-refractivity contribution is 6.26. The van der Waals surface area contributed by atoms with Crippen molar-refractivity contribution in [2.24, 2.45) is 0 Å². The molecule has 0 aliphatic rings. The van der Waals surface area contributed by atoms with Gasteiger partial charge in [0.15, 0.2) is 0 Å². The Bertz CT molecular complexity index is 895. The number of hydrogen-bond acceptors (Lipinski definition) is 8. The number of carbonyl (C=O) groups excluding carboxylic acids is 3. The van der Waals surface area contributed by atoms with E-state index in [2.05, 4.69) is 13.0 Å². The van der Waals surface area contributed by atoms with Crippen molar-refractivity contribution >= 4 is 35.5 Å². The smallest absolute Gasteiger partial charge is 0.321 e. The van der Waals surface area contributed by atoms with Gasteiger partial charge in [-0.05, 0) is 64.2 Å². The highest BCUT2D eigenvalue weighted by Crippen LogP contribution is 2.16. The molecule has 2 N–H and O–H groups in total. The summed E-state index contributed by atoms with van der Waals surface area (Å²) in [6.07, 6.45) is 31.1. The Morgan fingerprint density at radius 1 is 0.558 bits per heavy atom. The zero-order valence-electron chi connectivity index (χ0n) is 32.8. The third-order valence-corrected chi connectivity index (χ3v) is 9.51. The second kappa shape index (κ2) is 38.6. The molecule has 0 saturated carbocycles. The highest BCUT2D eigenvalue weighted by atomic mass is 35.5. The van der Waals surface area contributed by atoms with E-state index in [4.69, 9.17) is 30.9 Å². The lowest BCUT2D eigenvalue weighted by Gasteiger charge is -2.22. The maximum atomic E-state index is 12.0. The molecule has 0 spiro atoms. The minimum Gasteiger partial charge on any atom is -0.481 e. The van der Waals surface area contributed by atoms with Crippen molar-refractivity contribution in [1.29, 1.82) is 0 Å². The fraction of sp³-hybridized carbons (Fsp3) is 0.857. The Labute approximate surface area is 321 Å². The molecule has 0 rings (SSSR count). The summed E-state index contributed by atoms with van der Waals surface area (Å²) < 4.78 is 16.1. The first-order valence-electron chi connectivity index (χ1n) is 20.9. The van der Waals surface area contributed by atoms with Crippen LogP contribution in [0.4, 0.5) is 0 Å². The second-order valence-electron chi connectivity index (χ2n) is 14.2. The van der Waals surface area contributed by atoms with Gasteiger partial charge in [-0.15, -0.1) is 11.6 Å². The van der Waals surface area contributed by atoms with Crippen LogP contribution in [-0.4, -0.2) is 65.4 Å². The van der Waals surface area contributed by atoms with Gasteiger partial charge in [0, 0.05) is 19.3 Å². The average molecular weight is 760 g/mol. The van der Waals surface area contributed by atoms with Crippen LogP contribution in [0.15, 0.2) is 12.2 Å². The van der Waals surface area contributed by atoms with Crippen molar-refractivity contribution in [2.75, 3.05) is 19.1 Å². The van der Waals surface area contributed by atoms with E-state index in [9.17, 15) is 24.3 Å². The predicted octanol–water partition coefficient (Wildman–Crippen LogP) is 10.9. The van der Waals surface area contributed by atoms with Crippen LogP contribution in [0.2, 0.25) is 0 Å². The van der Waals surface area contributed by atoms with E-state index >= 15 is 0 Å². The van der Waals surface area contributed by atoms with Crippen LogP contribution in [0.5, 0.6) is 0 Å². The maximum absolute atomic E-state index is 12.0. The SMILES string of the molecule is CCCCCC(OC(=O)CCl)C(O)C/C=C\CCCCCCCC(=O)OCCCCCCCCCCOC(=O)CCCCCCCCCCC(=O)O. The summed E-state index contributed by atoms with van der Waals surface area (Å²) in [7, 11) is 0. The lowest BCUT2D eigenvalue weighted by atomic mass is 10.0. The number of aliphatic hydroxyl groups excluding tert-OH is 1. The number of aliphatic hydroxyl groups is 1. The summed E-state index contributed by atoms with van der Waals surface area (Å²) in [4.78, 5) is 46.0. The molecule has 0 aromatic carbocycles. The largest absolute Gasteiger partial charge is 0.481 e. The van der Waals surface area contributed by atoms with E-state index in [1.165, 1.54) is 12.8 Å². The maximum Gasteiger partial charge on any atom is 0.321 e. The van der Waals surface area contributed by atoms with Gasteiger partial charge in [0.2, 0.25) is 0 Å². The Kier molecular flexibility index (Phi) is 37.0. The predicted molar refractivity (Wildman–Crippen MR) is 209 cm³/mol. The fourth-order valence-corrected chi connectivity index (χ4v) is 6.14. The van der Waals surface area contributed by atoms with Crippen LogP contribution in [0.25, 0.3) is 0 Å². The fourth-order valence-electron chi connectivity index (χ4n) is 6.08. The molecular weight excluding hydrogens is 684 g/mol. The molecule has 0 aromatic rings. The van der Waals surface area contributed by atoms with E-state index < -0.39 is 24.1 Å². The molecular formula is C42H75ClO9. The molecule has 0 aliphatic heterocycles. The molecule has 2 atom stereocenters. The molecule has 0 radical (unpaired) electrons. The molecule has 0 fully saturated rings. The molecule has 0 heterocycles. The Hall–Kier alpha value is -2.13. The van der Waals surface area contributed by atoms with E-state index in [0.29, 0.717) is 38.9 Å². The molecule has 2 unspecified atom stereocenters. The quantitative estimate of drug-likeness (QED) is 0.0206. The summed E-state index contributed by atoms with van der Waals surface area (Å²) in [6, 6.07) is 0. The van der Waals surface area contributed by atoms with Gasteiger partial charge in [0.1, 0.15) is 12.0 Å². The number of carboxylic acid groups (broad SMARTS) is 1. The number of allylic oxidation sites excluding steroid dienone is 1. The minimum absolute atomic E-state index is 0.0848. The van der Waals surface area contributed by atoms with E-state index in [-0.39, 0.29) is 24.2 Å². The summed E-state index contributed by atoms with van der Waals surface area (Å²) in [6.45, 7) is 3.14. The van der Waals surface area contributed by atoms with Gasteiger partial charge in [0.05, 0.1) is 19.3 Å². The van der Waals surface area contributed by atoms with Crippen LogP contribution in [0, 0.1) is 0 Å². The minimum atomic E-state index is -0.715. The highest BCUT2D eigenvalue weighted by Gasteiger charge is 2.21. The standard InChI is InChI=1S/C42H75ClO9/c1-2-3-22-30-38(52-42(49)36-43)37(44)29-23-16-10-4-6-12-18-25-32-40(47)50-34-27-20-14-8-9-15-21-28-35-51-41(48)33-26-19-13-7-5-11-17-24-31-39(45)46/h16,23,37-38,44H,2-15,17-22,24-36H2,1H3,(H,45,46)/b23-16-. The number of alkyl halides is 1. The van der Waals surface area contributed by atoms with E-state index in [1.807, 2.05) is 6.08 Å². The number of halogens is 1. The van der Waals surface area contributed by atoms with Crippen molar-refractivity contribution in [2.45, 2.75) is 212 Å². The molecule has 9 nitrogen and oxygen atoms in total. The number of carboxylic acids is 1. The Balaban J connectivity index is 3.49. The monoisotopic (exact) mass is 759 g/mol. The molecule has 0 amide bonds. The number of ether oxygens (including phenoxy) is 3. The third-order valence-electron chi connectivity index (χ3n) is 9.30. The first kappa shape index (κ1) is 49.9. The number of carbonyl (C=O) groups is 4. The zero-order chi connectivity index (χ0) is 38.3. The number of esters is 3. The van der Waals surface area contributed by atoms with Gasteiger partial charge in [-0.25, -0.2) is 0 Å². The van der Waals surface area contributed by atoms with Gasteiger partial charge < -0.3 is 24.4 Å². The van der Waals surface area contributed by atoms with Crippen LogP contribution in [0.3, 0.4) is 0 Å². The number of aliphatic carboxylic acids is 1. The topological polar surface area (TPSA) is 136 Å². The van der Waals surface area contributed by atoms with Gasteiger partial charge in [-0.3, -0.25) is 19.2 Å². The van der Waals surface area contributed by atoms with Gasteiger partial charge in [-0.2, -0.15) is 0 Å². The molecule has 52 heavy (non-hydrogen) atoms. The number of hydrogen-bond donors (Lipinski definition) is 2. The van der Waals surface area contributed by atoms with Gasteiger partial charge >= 0.3 is 23.9 Å². The first-order valence-corrected chi connectivity index (χ1v) is 21.4. The zero-order valence-corrected chi connectivity index (χ0v) is 33.5. The van der Waals surface area contributed by atoms with Crippen molar-refractivity contribution in [3.8, 4) is 0 Å². The van der Waals surface area contributed by atoms with Crippen LogP contribution >= 0.6 is 11.6 Å². The average Bonchev–Trinajstić information content (AvgIpc) is 3.12. The molecule has 10 heteroatoms. The molecule has 0 bridgehead atoms. The molecule has 304 valence electrons. The molecule has 0 aliphatic carbocycles. The van der Waals surface area contributed by atoms with Crippen LogP contribution in [0.1, 0.15) is 200 Å². The van der Waals surface area contributed by atoms with E-state index in [1.54, 1.807) is 0 Å². The summed E-state index contributed by atoms with van der Waals surface area (Å²) in [5, 5.41) is 19.1. The Morgan fingerprint density at radius 3 is 1.46 bits per heavy atom. The van der Waals surface area contributed by atoms with Crippen LogP contribution < -0.4 is 0 Å². The van der Waals surface area contributed by atoms with Crippen molar-refractivity contribution < 1.29 is 43.6 Å². The summed E-state index contributed by atoms with van der Waals surface area (Å²) in [5.41, 5.74) is 0. The third kappa shape index (κ3) is 36.2. The van der Waals surface area contributed by atoms with Crippen molar-refractivity contribution in [3.05, 3.63) is 12.2 Å². The van der Waals surface area contributed by atoms with Crippen molar-refractivity contribution in [3.63, 3.8) is 0 Å². The summed E-state index contributed by atoms with van der Waals surface area (Å²) >= 11 is 5.56. The van der Waals surface area contributed by atoms with Crippen molar-refractivity contribution in [1.82, 2.24) is 0 Å². The van der Waals surface area contributed by atoms with Gasteiger partial charge in [0.25, 0.3) is 0 Å². The molecule has 0 aromatic heterocycles.